The Morgan fingerprint density at radius 3 is 2.75 bits per heavy atom. The number of aliphatic hydroxyl groups is 1. The van der Waals surface area contributed by atoms with Gasteiger partial charge in [0.15, 0.2) is 0 Å². The summed E-state index contributed by atoms with van der Waals surface area (Å²) in [4.78, 5) is 4.25. The normalized spacial score (nSPS) is 27.5. The Morgan fingerprint density at radius 1 is 1.21 bits per heavy atom. The van der Waals surface area contributed by atoms with Gasteiger partial charge in [-0.25, -0.2) is 10.1 Å². The molecule has 2 aromatic rings. The van der Waals surface area contributed by atoms with Crippen LogP contribution >= 0.6 is 0 Å². The molecule has 0 amide bonds. The molecule has 24 heavy (non-hydrogen) atoms. The van der Waals surface area contributed by atoms with Gasteiger partial charge in [0.05, 0.1) is 30.4 Å². The van der Waals surface area contributed by atoms with Gasteiger partial charge >= 0.3 is 0 Å². The van der Waals surface area contributed by atoms with Crippen molar-refractivity contribution in [3.63, 3.8) is 0 Å². The van der Waals surface area contributed by atoms with Gasteiger partial charge in [-0.05, 0) is 18.4 Å². The summed E-state index contributed by atoms with van der Waals surface area (Å²) in [5, 5.41) is 15.9. The minimum Gasteiger partial charge on any atom is -0.393 e. The Kier molecular flexibility index (Phi) is 3.72. The van der Waals surface area contributed by atoms with Crippen LogP contribution in [0.15, 0.2) is 36.8 Å². The molecule has 1 unspecified atom stereocenters. The van der Waals surface area contributed by atoms with Gasteiger partial charge < -0.3 is 9.67 Å². The van der Waals surface area contributed by atoms with Crippen LogP contribution in [0, 0.1) is 5.92 Å². The van der Waals surface area contributed by atoms with Gasteiger partial charge in [0.25, 0.3) is 10.2 Å². The highest BCUT2D eigenvalue weighted by atomic mass is 32.2. The second-order valence-electron chi connectivity index (χ2n) is 6.47. The molecule has 3 heterocycles. The van der Waals surface area contributed by atoms with Crippen LogP contribution in [0.2, 0.25) is 0 Å². The lowest BCUT2D eigenvalue weighted by Gasteiger charge is -2.28. The van der Waals surface area contributed by atoms with E-state index in [0.29, 0.717) is 19.4 Å². The number of nitrogens with two attached hydrogens (primary N) is 1. The van der Waals surface area contributed by atoms with E-state index in [9.17, 15) is 13.5 Å². The third kappa shape index (κ3) is 2.46. The third-order valence-corrected chi connectivity index (χ3v) is 6.25. The molecule has 128 valence electrons. The van der Waals surface area contributed by atoms with E-state index < -0.39 is 16.3 Å². The van der Waals surface area contributed by atoms with Crippen LogP contribution in [0.5, 0.6) is 0 Å². The quantitative estimate of drug-likeness (QED) is 0.835. The number of aliphatic hydroxyl groups excluding tert-OH is 1. The summed E-state index contributed by atoms with van der Waals surface area (Å²) in [5.74, 6) is -0.0895. The van der Waals surface area contributed by atoms with Crippen molar-refractivity contribution in [3.8, 4) is 11.3 Å². The van der Waals surface area contributed by atoms with Crippen molar-refractivity contribution in [1.29, 1.82) is 0 Å². The zero-order valence-corrected chi connectivity index (χ0v) is 13.9. The zero-order chi connectivity index (χ0) is 16.9. The molecule has 0 bridgehead atoms. The summed E-state index contributed by atoms with van der Waals surface area (Å²) in [6, 6.07) is 8.08. The molecule has 3 N–H and O–H groups in total. The highest BCUT2D eigenvalue weighted by molar-refractivity contribution is 7.86. The molecule has 4 rings (SSSR count). The lowest BCUT2D eigenvalue weighted by atomic mass is 9.85. The van der Waals surface area contributed by atoms with E-state index in [0.717, 1.165) is 16.8 Å². The van der Waals surface area contributed by atoms with Gasteiger partial charge in [-0.15, -0.1) is 0 Å². The molecule has 8 heteroatoms. The summed E-state index contributed by atoms with van der Waals surface area (Å²) < 4.78 is 26.6. The molecule has 1 saturated heterocycles. The lowest BCUT2D eigenvalue weighted by Crippen LogP contribution is -2.37. The molecule has 3 atom stereocenters. The lowest BCUT2D eigenvalue weighted by molar-refractivity contribution is 0.0836. The Morgan fingerprint density at radius 2 is 1.96 bits per heavy atom. The predicted octanol–water partition coefficient (Wildman–Crippen LogP) is 0.729. The van der Waals surface area contributed by atoms with Crippen LogP contribution in [0.1, 0.15) is 24.4 Å². The van der Waals surface area contributed by atoms with Crippen molar-refractivity contribution in [2.24, 2.45) is 11.1 Å². The monoisotopic (exact) mass is 348 g/mol. The van der Waals surface area contributed by atoms with Gasteiger partial charge in [-0.2, -0.15) is 12.7 Å². The molecule has 0 saturated carbocycles. The second kappa shape index (κ2) is 5.66. The number of nitrogens with zero attached hydrogens (tertiary/aromatic N) is 3. The van der Waals surface area contributed by atoms with Crippen molar-refractivity contribution in [1.82, 2.24) is 13.9 Å². The Balaban J connectivity index is 1.71. The van der Waals surface area contributed by atoms with Gasteiger partial charge in [-0.3, -0.25) is 0 Å². The summed E-state index contributed by atoms with van der Waals surface area (Å²) in [6.07, 6.45) is 3.95. The molecular weight excluding hydrogens is 328 g/mol. The number of imidazole rings is 1. The van der Waals surface area contributed by atoms with Gasteiger partial charge in [-0.1, -0.05) is 24.3 Å². The van der Waals surface area contributed by atoms with Crippen LogP contribution in [0.3, 0.4) is 0 Å². The summed E-state index contributed by atoms with van der Waals surface area (Å²) in [6.45, 7) is 0.574. The predicted molar refractivity (Wildman–Crippen MR) is 89.2 cm³/mol. The molecule has 1 fully saturated rings. The number of benzene rings is 1. The van der Waals surface area contributed by atoms with E-state index in [-0.39, 0.29) is 18.5 Å². The number of rotatable bonds is 2. The van der Waals surface area contributed by atoms with E-state index in [2.05, 4.69) is 21.7 Å². The van der Waals surface area contributed by atoms with E-state index in [4.69, 9.17) is 5.14 Å². The highest BCUT2D eigenvalue weighted by Crippen LogP contribution is 2.45. The maximum absolute atomic E-state index is 11.6. The second-order valence-corrected chi connectivity index (χ2v) is 8.02. The van der Waals surface area contributed by atoms with Crippen LogP contribution in [-0.4, -0.2) is 46.6 Å². The largest absolute Gasteiger partial charge is 0.393 e. The molecule has 7 nitrogen and oxygen atoms in total. The number of aromatic nitrogens is 2. The maximum Gasteiger partial charge on any atom is 0.276 e. The first-order valence-electron chi connectivity index (χ1n) is 8.04. The average molecular weight is 348 g/mol. The van der Waals surface area contributed by atoms with Crippen molar-refractivity contribution in [3.05, 3.63) is 42.4 Å². The average Bonchev–Trinajstić information content (AvgIpc) is 3.05. The minimum absolute atomic E-state index is 0.0332. The van der Waals surface area contributed by atoms with Crippen LogP contribution < -0.4 is 5.14 Å². The molecule has 2 aliphatic rings. The Bertz CT molecular complexity index is 864. The first-order valence-corrected chi connectivity index (χ1v) is 9.54. The van der Waals surface area contributed by atoms with Gasteiger partial charge in [0.2, 0.25) is 0 Å². The van der Waals surface area contributed by atoms with Crippen LogP contribution in [0.25, 0.3) is 11.3 Å². The fourth-order valence-corrected chi connectivity index (χ4v) is 4.74. The number of hydrogen-bond donors (Lipinski definition) is 2. The third-order valence-electron chi connectivity index (χ3n) is 5.17. The summed E-state index contributed by atoms with van der Waals surface area (Å²) in [5.41, 5.74) is 3.32. The van der Waals surface area contributed by atoms with Gasteiger partial charge in [0.1, 0.15) is 0 Å². The Labute approximate surface area is 140 Å². The van der Waals surface area contributed by atoms with Crippen LogP contribution in [0.4, 0.5) is 0 Å². The Hall–Kier alpha value is -1.74. The number of fused-ring (bicyclic) bond motifs is 3. The van der Waals surface area contributed by atoms with Crippen molar-refractivity contribution < 1.29 is 13.5 Å². The molecule has 0 spiro atoms. The van der Waals surface area contributed by atoms with Crippen molar-refractivity contribution in [2.75, 3.05) is 13.1 Å². The molecule has 0 aliphatic carbocycles. The van der Waals surface area contributed by atoms with Crippen LogP contribution in [-0.2, 0) is 10.2 Å². The van der Waals surface area contributed by atoms with Gasteiger partial charge in [0, 0.05) is 24.6 Å². The van der Waals surface area contributed by atoms with Crippen molar-refractivity contribution in [2.45, 2.75) is 25.0 Å². The minimum atomic E-state index is -3.73. The molecule has 1 aromatic carbocycles. The summed E-state index contributed by atoms with van der Waals surface area (Å²) in [7, 11) is -3.73. The fraction of sp³-hybridized carbons (Fsp3) is 0.438. The van der Waals surface area contributed by atoms with Crippen molar-refractivity contribution >= 4 is 10.2 Å². The van der Waals surface area contributed by atoms with E-state index >= 15 is 0 Å². The highest BCUT2D eigenvalue weighted by Gasteiger charge is 2.39. The van der Waals surface area contributed by atoms with E-state index in [1.807, 2.05) is 18.3 Å². The standard InChI is InChI=1S/C16H20N4O3S/c17-24(22,23)19-7-5-13(15(21)6-8-19)16-12-4-2-1-3-11(12)14-9-18-10-20(14)16/h1-4,9-10,13,15-16,21H,5-8H2,(H2,17,22,23)/t13-,15-,16?/m0/s1. The maximum atomic E-state index is 11.6. The summed E-state index contributed by atoms with van der Waals surface area (Å²) >= 11 is 0. The molecule has 1 aromatic heterocycles. The first-order chi connectivity index (χ1) is 11.5. The fourth-order valence-electron chi connectivity index (χ4n) is 4.02. The SMILES string of the molecule is NS(=O)(=O)N1CC[C@H](C2c3ccccc3-c3cncn32)[C@@H](O)CC1. The zero-order valence-electron chi connectivity index (χ0n) is 13.1. The smallest absolute Gasteiger partial charge is 0.276 e. The topological polar surface area (TPSA) is 101 Å². The number of hydrogen-bond acceptors (Lipinski definition) is 4. The molecular formula is C16H20N4O3S. The van der Waals surface area contributed by atoms with E-state index in [1.165, 1.54) is 4.31 Å². The first kappa shape index (κ1) is 15.8. The molecule has 2 aliphatic heterocycles. The van der Waals surface area contributed by atoms with E-state index in [1.54, 1.807) is 6.33 Å². The molecule has 0 radical (unpaired) electrons.